The standard InChI is InChI=1S/C14H24N2O/c1-5-8-16(11(2)3)10-12-9-13(17-4)6-7-14(12)15/h6-7,9,11H,5,8,10,15H2,1-4H3. The van der Waals surface area contributed by atoms with E-state index in [1.54, 1.807) is 7.11 Å². The van der Waals surface area contributed by atoms with Crippen LogP contribution < -0.4 is 10.5 Å². The molecule has 0 aliphatic carbocycles. The predicted molar refractivity (Wildman–Crippen MR) is 73.2 cm³/mol. The van der Waals surface area contributed by atoms with Crippen LogP contribution in [0.2, 0.25) is 0 Å². The quantitative estimate of drug-likeness (QED) is 0.772. The highest BCUT2D eigenvalue weighted by atomic mass is 16.5. The molecule has 1 aromatic carbocycles. The molecule has 0 saturated carbocycles. The Hall–Kier alpha value is -1.22. The first kappa shape index (κ1) is 13.8. The lowest BCUT2D eigenvalue weighted by Crippen LogP contribution is -2.31. The first-order chi connectivity index (χ1) is 8.08. The summed E-state index contributed by atoms with van der Waals surface area (Å²) in [6.45, 7) is 8.60. The largest absolute Gasteiger partial charge is 0.497 e. The molecular weight excluding hydrogens is 212 g/mol. The zero-order chi connectivity index (χ0) is 12.8. The van der Waals surface area contributed by atoms with E-state index < -0.39 is 0 Å². The van der Waals surface area contributed by atoms with Gasteiger partial charge in [-0.25, -0.2) is 0 Å². The molecular formula is C14H24N2O. The van der Waals surface area contributed by atoms with Gasteiger partial charge >= 0.3 is 0 Å². The van der Waals surface area contributed by atoms with E-state index in [9.17, 15) is 0 Å². The van der Waals surface area contributed by atoms with E-state index >= 15 is 0 Å². The summed E-state index contributed by atoms with van der Waals surface area (Å²) in [6, 6.07) is 6.37. The first-order valence-electron chi connectivity index (χ1n) is 6.25. The molecule has 0 atom stereocenters. The molecule has 3 nitrogen and oxygen atoms in total. The summed E-state index contributed by atoms with van der Waals surface area (Å²) in [6.07, 6.45) is 1.15. The van der Waals surface area contributed by atoms with Crippen LogP contribution in [0.25, 0.3) is 0 Å². The van der Waals surface area contributed by atoms with Crippen LogP contribution >= 0.6 is 0 Å². The molecule has 1 aromatic rings. The van der Waals surface area contributed by atoms with Gasteiger partial charge in [0.1, 0.15) is 5.75 Å². The Morgan fingerprint density at radius 2 is 2.06 bits per heavy atom. The van der Waals surface area contributed by atoms with Crippen molar-refractivity contribution in [1.82, 2.24) is 4.90 Å². The smallest absolute Gasteiger partial charge is 0.119 e. The molecule has 3 heteroatoms. The van der Waals surface area contributed by atoms with Gasteiger partial charge in [0.05, 0.1) is 7.11 Å². The third-order valence-corrected chi connectivity index (χ3v) is 2.96. The van der Waals surface area contributed by atoms with E-state index in [0.29, 0.717) is 6.04 Å². The van der Waals surface area contributed by atoms with E-state index in [1.807, 2.05) is 18.2 Å². The van der Waals surface area contributed by atoms with Crippen molar-refractivity contribution in [3.63, 3.8) is 0 Å². The van der Waals surface area contributed by atoms with Crippen molar-refractivity contribution in [3.05, 3.63) is 23.8 Å². The van der Waals surface area contributed by atoms with Crippen molar-refractivity contribution in [2.24, 2.45) is 0 Å². The molecule has 1 rings (SSSR count). The Labute approximate surface area is 105 Å². The van der Waals surface area contributed by atoms with Gasteiger partial charge in [-0.1, -0.05) is 6.92 Å². The number of ether oxygens (including phenoxy) is 1. The predicted octanol–water partition coefficient (Wildman–Crippen LogP) is 2.90. The van der Waals surface area contributed by atoms with Gasteiger partial charge in [-0.15, -0.1) is 0 Å². The van der Waals surface area contributed by atoms with E-state index in [1.165, 1.54) is 0 Å². The van der Waals surface area contributed by atoms with Crippen LogP contribution in [0.15, 0.2) is 18.2 Å². The number of methoxy groups -OCH3 is 1. The lowest BCUT2D eigenvalue weighted by Gasteiger charge is -2.26. The molecule has 0 aromatic heterocycles. The fourth-order valence-corrected chi connectivity index (χ4v) is 1.87. The second kappa shape index (κ2) is 6.50. The number of rotatable bonds is 6. The molecule has 0 spiro atoms. The molecule has 0 unspecified atom stereocenters. The van der Waals surface area contributed by atoms with Crippen molar-refractivity contribution in [1.29, 1.82) is 0 Å². The van der Waals surface area contributed by atoms with Gasteiger partial charge in [-0.3, -0.25) is 4.90 Å². The minimum atomic E-state index is 0.528. The molecule has 2 N–H and O–H groups in total. The topological polar surface area (TPSA) is 38.5 Å². The number of hydrogen-bond acceptors (Lipinski definition) is 3. The van der Waals surface area contributed by atoms with Crippen molar-refractivity contribution in [2.45, 2.75) is 39.8 Å². The zero-order valence-electron chi connectivity index (χ0n) is 11.4. The zero-order valence-corrected chi connectivity index (χ0v) is 11.4. The summed E-state index contributed by atoms with van der Waals surface area (Å²) >= 11 is 0. The summed E-state index contributed by atoms with van der Waals surface area (Å²) in [4.78, 5) is 2.42. The van der Waals surface area contributed by atoms with Crippen molar-refractivity contribution < 1.29 is 4.74 Å². The Morgan fingerprint density at radius 1 is 1.35 bits per heavy atom. The normalized spacial score (nSPS) is 11.2. The van der Waals surface area contributed by atoms with Crippen LogP contribution in [0.4, 0.5) is 5.69 Å². The maximum Gasteiger partial charge on any atom is 0.119 e. The molecule has 0 aliphatic rings. The Balaban J connectivity index is 2.84. The maximum atomic E-state index is 6.01. The highest BCUT2D eigenvalue weighted by Crippen LogP contribution is 2.21. The summed E-state index contributed by atoms with van der Waals surface area (Å²) < 4.78 is 5.24. The fraction of sp³-hybridized carbons (Fsp3) is 0.571. The molecule has 0 saturated heterocycles. The van der Waals surface area contributed by atoms with E-state index in [0.717, 1.165) is 36.5 Å². The van der Waals surface area contributed by atoms with E-state index in [2.05, 4.69) is 25.7 Å². The molecule has 0 heterocycles. The number of benzene rings is 1. The lowest BCUT2D eigenvalue weighted by atomic mass is 10.1. The highest BCUT2D eigenvalue weighted by molar-refractivity contribution is 5.50. The minimum Gasteiger partial charge on any atom is -0.497 e. The summed E-state index contributed by atoms with van der Waals surface area (Å²) in [5.74, 6) is 0.870. The van der Waals surface area contributed by atoms with Gasteiger partial charge in [0.25, 0.3) is 0 Å². The van der Waals surface area contributed by atoms with Crippen molar-refractivity contribution in [2.75, 3.05) is 19.4 Å². The summed E-state index contributed by atoms with van der Waals surface area (Å²) in [5.41, 5.74) is 7.99. The van der Waals surface area contributed by atoms with Crippen LogP contribution in [0.5, 0.6) is 5.75 Å². The molecule has 0 fully saturated rings. The van der Waals surface area contributed by atoms with Crippen LogP contribution in [0.1, 0.15) is 32.8 Å². The number of nitrogens with zero attached hydrogens (tertiary/aromatic N) is 1. The fourth-order valence-electron chi connectivity index (χ4n) is 1.87. The van der Waals surface area contributed by atoms with Crippen molar-refractivity contribution in [3.8, 4) is 5.75 Å². The van der Waals surface area contributed by atoms with Gasteiger partial charge in [0.2, 0.25) is 0 Å². The second-order valence-electron chi connectivity index (χ2n) is 4.63. The number of anilines is 1. The second-order valence-corrected chi connectivity index (χ2v) is 4.63. The van der Waals surface area contributed by atoms with Crippen LogP contribution in [-0.2, 0) is 6.54 Å². The van der Waals surface area contributed by atoms with Crippen LogP contribution in [0, 0.1) is 0 Å². The molecule has 0 bridgehead atoms. The van der Waals surface area contributed by atoms with E-state index in [-0.39, 0.29) is 0 Å². The average molecular weight is 236 g/mol. The highest BCUT2D eigenvalue weighted by Gasteiger charge is 2.11. The van der Waals surface area contributed by atoms with Gasteiger partial charge < -0.3 is 10.5 Å². The lowest BCUT2D eigenvalue weighted by molar-refractivity contribution is 0.213. The van der Waals surface area contributed by atoms with E-state index in [4.69, 9.17) is 10.5 Å². The van der Waals surface area contributed by atoms with Crippen LogP contribution in [0.3, 0.4) is 0 Å². The third-order valence-electron chi connectivity index (χ3n) is 2.96. The molecule has 0 radical (unpaired) electrons. The third kappa shape index (κ3) is 3.93. The maximum absolute atomic E-state index is 6.01. The minimum absolute atomic E-state index is 0.528. The van der Waals surface area contributed by atoms with Gasteiger partial charge in [0, 0.05) is 18.3 Å². The molecule has 0 aliphatic heterocycles. The summed E-state index contributed by atoms with van der Waals surface area (Å²) in [5, 5.41) is 0. The van der Waals surface area contributed by atoms with Crippen LogP contribution in [-0.4, -0.2) is 24.6 Å². The molecule has 0 amide bonds. The molecule has 17 heavy (non-hydrogen) atoms. The van der Waals surface area contributed by atoms with Gasteiger partial charge in [-0.05, 0) is 50.6 Å². The molecule has 96 valence electrons. The average Bonchev–Trinajstić information content (AvgIpc) is 2.31. The van der Waals surface area contributed by atoms with Crippen molar-refractivity contribution >= 4 is 5.69 Å². The monoisotopic (exact) mass is 236 g/mol. The SMILES string of the molecule is CCCN(Cc1cc(OC)ccc1N)C(C)C. The first-order valence-corrected chi connectivity index (χ1v) is 6.25. The Morgan fingerprint density at radius 3 is 2.59 bits per heavy atom. The van der Waals surface area contributed by atoms with Gasteiger partial charge in [-0.2, -0.15) is 0 Å². The van der Waals surface area contributed by atoms with Gasteiger partial charge in [0.15, 0.2) is 0 Å². The Bertz CT molecular complexity index is 350. The number of hydrogen-bond donors (Lipinski definition) is 1. The summed E-state index contributed by atoms with van der Waals surface area (Å²) in [7, 11) is 1.68. The number of nitrogen functional groups attached to an aromatic ring is 1. The number of nitrogens with two attached hydrogens (primary N) is 1. The Kier molecular flexibility index (Phi) is 5.29.